The molecular weight excluding hydrogens is 214 g/mol. The third-order valence-corrected chi connectivity index (χ3v) is 3.19. The molecule has 0 bridgehead atoms. The van der Waals surface area contributed by atoms with E-state index in [-0.39, 0.29) is 24.8 Å². The number of nitrogens with one attached hydrogen (secondary N) is 1. The third kappa shape index (κ3) is 4.31. The number of hydrogen-bond donors (Lipinski definition) is 2. The minimum absolute atomic E-state index is 0.00245. The molecule has 5 heteroatoms. The zero-order chi connectivity index (χ0) is 12.0. The molecule has 0 aromatic heterocycles. The fourth-order valence-electron chi connectivity index (χ4n) is 2.14. The maximum atomic E-state index is 13.0. The minimum Gasteiger partial charge on any atom is -0.380 e. The van der Waals surface area contributed by atoms with Crippen molar-refractivity contribution in [2.24, 2.45) is 11.8 Å². The van der Waals surface area contributed by atoms with Gasteiger partial charge in [0.05, 0.1) is 6.61 Å². The van der Waals surface area contributed by atoms with E-state index in [4.69, 9.17) is 10.6 Å². The predicted molar refractivity (Wildman–Crippen MR) is 59.1 cm³/mol. The summed E-state index contributed by atoms with van der Waals surface area (Å²) >= 11 is 0. The highest BCUT2D eigenvalue weighted by Gasteiger charge is 2.37. The standard InChI is InChI=1S/C11H22F2N2O/c1-2-7-16-8-10(15-14)9-3-5-11(12,13)6-4-9/h9-10,15H,2-8,14H2,1H3. The Morgan fingerprint density at radius 2 is 2.06 bits per heavy atom. The van der Waals surface area contributed by atoms with Crippen molar-refractivity contribution < 1.29 is 13.5 Å². The molecule has 0 aromatic rings. The van der Waals surface area contributed by atoms with Gasteiger partial charge in [0.2, 0.25) is 5.92 Å². The van der Waals surface area contributed by atoms with Crippen LogP contribution < -0.4 is 11.3 Å². The predicted octanol–water partition coefficient (Wildman–Crippen LogP) is 2.07. The Kier molecular flexibility index (Phi) is 5.58. The van der Waals surface area contributed by atoms with Crippen LogP contribution in [0.4, 0.5) is 8.78 Å². The average Bonchev–Trinajstić information content (AvgIpc) is 2.25. The summed E-state index contributed by atoms with van der Waals surface area (Å²) in [6, 6.07) is 0.00245. The lowest BCUT2D eigenvalue weighted by molar-refractivity contribution is -0.0536. The average molecular weight is 236 g/mol. The summed E-state index contributed by atoms with van der Waals surface area (Å²) in [6.07, 6.45) is 1.96. The smallest absolute Gasteiger partial charge is 0.248 e. The molecule has 1 fully saturated rings. The lowest BCUT2D eigenvalue weighted by Gasteiger charge is -2.33. The number of alkyl halides is 2. The first kappa shape index (κ1) is 13.8. The molecule has 0 radical (unpaired) electrons. The number of hydrogen-bond acceptors (Lipinski definition) is 3. The second-order valence-corrected chi connectivity index (χ2v) is 4.54. The number of rotatable bonds is 6. The van der Waals surface area contributed by atoms with E-state index < -0.39 is 5.92 Å². The highest BCUT2D eigenvalue weighted by Crippen LogP contribution is 2.37. The van der Waals surface area contributed by atoms with E-state index >= 15 is 0 Å². The molecule has 0 aromatic carbocycles. The van der Waals surface area contributed by atoms with Crippen LogP contribution in [-0.4, -0.2) is 25.2 Å². The monoisotopic (exact) mass is 236 g/mol. The molecule has 3 N–H and O–H groups in total. The van der Waals surface area contributed by atoms with Crippen LogP contribution in [0, 0.1) is 5.92 Å². The van der Waals surface area contributed by atoms with Gasteiger partial charge in [0.25, 0.3) is 0 Å². The van der Waals surface area contributed by atoms with Gasteiger partial charge in [0, 0.05) is 25.5 Å². The van der Waals surface area contributed by atoms with Crippen molar-refractivity contribution in [1.29, 1.82) is 0 Å². The van der Waals surface area contributed by atoms with Crippen LogP contribution in [0.15, 0.2) is 0 Å². The van der Waals surface area contributed by atoms with E-state index in [0.717, 1.165) is 6.42 Å². The zero-order valence-corrected chi connectivity index (χ0v) is 9.85. The molecule has 1 aliphatic carbocycles. The van der Waals surface area contributed by atoms with Gasteiger partial charge in [0.1, 0.15) is 0 Å². The summed E-state index contributed by atoms with van der Waals surface area (Å²) in [6.45, 7) is 3.24. The van der Waals surface area contributed by atoms with Crippen LogP contribution in [0.2, 0.25) is 0 Å². The van der Waals surface area contributed by atoms with Gasteiger partial charge in [-0.1, -0.05) is 6.92 Å². The van der Waals surface area contributed by atoms with Crippen molar-refractivity contribution in [2.75, 3.05) is 13.2 Å². The normalized spacial score (nSPS) is 23.2. The van der Waals surface area contributed by atoms with Crippen LogP contribution in [-0.2, 0) is 4.74 Å². The summed E-state index contributed by atoms with van der Waals surface area (Å²) < 4.78 is 31.3. The summed E-state index contributed by atoms with van der Waals surface area (Å²) in [5.41, 5.74) is 2.69. The Bertz CT molecular complexity index is 192. The largest absolute Gasteiger partial charge is 0.380 e. The SMILES string of the molecule is CCCOCC(NN)C1CCC(F)(F)CC1. The van der Waals surface area contributed by atoms with Gasteiger partial charge in [-0.15, -0.1) is 0 Å². The van der Waals surface area contributed by atoms with Gasteiger partial charge in [-0.25, -0.2) is 8.78 Å². The van der Waals surface area contributed by atoms with Gasteiger partial charge in [0.15, 0.2) is 0 Å². The van der Waals surface area contributed by atoms with Gasteiger partial charge in [-0.2, -0.15) is 0 Å². The van der Waals surface area contributed by atoms with E-state index in [9.17, 15) is 8.78 Å². The van der Waals surface area contributed by atoms with Crippen molar-refractivity contribution in [3.05, 3.63) is 0 Å². The first-order valence-corrected chi connectivity index (χ1v) is 6.00. The molecule has 0 saturated heterocycles. The summed E-state index contributed by atoms with van der Waals surface area (Å²) in [5, 5.41) is 0. The lowest BCUT2D eigenvalue weighted by Crippen LogP contribution is -2.46. The van der Waals surface area contributed by atoms with Gasteiger partial charge >= 0.3 is 0 Å². The maximum absolute atomic E-state index is 13.0. The highest BCUT2D eigenvalue weighted by molar-refractivity contribution is 4.83. The minimum atomic E-state index is -2.47. The molecule has 0 spiro atoms. The summed E-state index contributed by atoms with van der Waals surface area (Å²) in [7, 11) is 0. The Morgan fingerprint density at radius 3 is 2.56 bits per heavy atom. The maximum Gasteiger partial charge on any atom is 0.248 e. The Balaban J connectivity index is 2.31. The molecule has 1 saturated carbocycles. The number of halogens is 2. The van der Waals surface area contributed by atoms with Crippen molar-refractivity contribution >= 4 is 0 Å². The Hall–Kier alpha value is -0.260. The van der Waals surface area contributed by atoms with Crippen molar-refractivity contribution in [2.45, 2.75) is 51.0 Å². The topological polar surface area (TPSA) is 47.3 Å². The van der Waals surface area contributed by atoms with E-state index in [2.05, 4.69) is 5.43 Å². The molecule has 0 aliphatic heterocycles. The fraction of sp³-hybridized carbons (Fsp3) is 1.00. The molecule has 96 valence electrons. The second kappa shape index (κ2) is 6.47. The van der Waals surface area contributed by atoms with Crippen LogP contribution in [0.1, 0.15) is 39.0 Å². The van der Waals surface area contributed by atoms with Crippen molar-refractivity contribution in [1.82, 2.24) is 5.43 Å². The molecule has 1 unspecified atom stereocenters. The molecule has 1 aliphatic rings. The van der Waals surface area contributed by atoms with E-state index in [1.165, 1.54) is 0 Å². The quantitative estimate of drug-likeness (QED) is 0.421. The van der Waals surface area contributed by atoms with Crippen molar-refractivity contribution in [3.63, 3.8) is 0 Å². The van der Waals surface area contributed by atoms with Crippen LogP contribution in [0.25, 0.3) is 0 Å². The first-order chi connectivity index (χ1) is 7.59. The second-order valence-electron chi connectivity index (χ2n) is 4.54. The number of nitrogens with two attached hydrogens (primary N) is 1. The third-order valence-electron chi connectivity index (χ3n) is 3.19. The molecular formula is C11H22F2N2O. The van der Waals surface area contributed by atoms with Crippen molar-refractivity contribution in [3.8, 4) is 0 Å². The molecule has 0 heterocycles. The van der Waals surface area contributed by atoms with E-state index in [1.54, 1.807) is 0 Å². The fourth-order valence-corrected chi connectivity index (χ4v) is 2.14. The van der Waals surface area contributed by atoms with Crippen LogP contribution >= 0.6 is 0 Å². The zero-order valence-electron chi connectivity index (χ0n) is 9.85. The molecule has 1 rings (SSSR count). The molecule has 16 heavy (non-hydrogen) atoms. The van der Waals surface area contributed by atoms with Crippen LogP contribution in [0.3, 0.4) is 0 Å². The van der Waals surface area contributed by atoms with Gasteiger partial charge in [-0.3, -0.25) is 11.3 Å². The van der Waals surface area contributed by atoms with Gasteiger partial charge in [-0.05, 0) is 25.2 Å². The van der Waals surface area contributed by atoms with E-state index in [0.29, 0.717) is 26.1 Å². The number of ether oxygens (including phenoxy) is 1. The molecule has 0 amide bonds. The first-order valence-electron chi connectivity index (χ1n) is 6.00. The summed E-state index contributed by atoms with van der Waals surface area (Å²) in [4.78, 5) is 0. The lowest BCUT2D eigenvalue weighted by atomic mass is 9.82. The van der Waals surface area contributed by atoms with Gasteiger partial charge < -0.3 is 4.74 Å². The Morgan fingerprint density at radius 1 is 1.44 bits per heavy atom. The Labute approximate surface area is 95.7 Å². The summed E-state index contributed by atoms with van der Waals surface area (Å²) in [5.74, 6) is 3.17. The molecule has 3 nitrogen and oxygen atoms in total. The highest BCUT2D eigenvalue weighted by atomic mass is 19.3. The van der Waals surface area contributed by atoms with E-state index in [1.807, 2.05) is 6.92 Å². The van der Waals surface area contributed by atoms with Crippen LogP contribution in [0.5, 0.6) is 0 Å². The number of hydrazine groups is 1. The molecule has 1 atom stereocenters.